The van der Waals surface area contributed by atoms with Gasteiger partial charge in [-0.05, 0) is 25.6 Å². The summed E-state index contributed by atoms with van der Waals surface area (Å²) in [5.74, 6) is 0. The van der Waals surface area contributed by atoms with E-state index in [1.807, 2.05) is 12.2 Å². The van der Waals surface area contributed by atoms with Gasteiger partial charge in [-0.1, -0.05) is 32.4 Å². The van der Waals surface area contributed by atoms with Crippen molar-refractivity contribution in [2.24, 2.45) is 4.99 Å². The van der Waals surface area contributed by atoms with Gasteiger partial charge < -0.3 is 0 Å². The summed E-state index contributed by atoms with van der Waals surface area (Å²) in [6.45, 7) is 7.76. The maximum absolute atomic E-state index is 3.91. The summed E-state index contributed by atoms with van der Waals surface area (Å²) in [5, 5.41) is 0. The third kappa shape index (κ3) is 5.59. The van der Waals surface area contributed by atoms with E-state index in [1.54, 1.807) is 0 Å². The van der Waals surface area contributed by atoms with Crippen LogP contribution in [0.15, 0.2) is 28.9 Å². The van der Waals surface area contributed by atoms with Crippen LogP contribution >= 0.6 is 0 Å². The highest BCUT2D eigenvalue weighted by molar-refractivity contribution is 5.30. The molecule has 0 spiro atoms. The number of rotatable bonds is 5. The average Bonchev–Trinajstić information content (AvgIpc) is 2.03. The standard InChI is InChI=1S/C10H17N/c1-4-6-7-9-10(11-3)8-5-2/h6-7,9H,3-5,8H2,1-2H3/b7-6-,10-9-. The van der Waals surface area contributed by atoms with Gasteiger partial charge in [-0.2, -0.15) is 0 Å². The number of hydrogen-bond acceptors (Lipinski definition) is 1. The van der Waals surface area contributed by atoms with Gasteiger partial charge in [0, 0.05) is 5.70 Å². The highest BCUT2D eigenvalue weighted by Gasteiger charge is 1.86. The van der Waals surface area contributed by atoms with Crippen LogP contribution in [0.5, 0.6) is 0 Å². The van der Waals surface area contributed by atoms with Crippen molar-refractivity contribution < 1.29 is 0 Å². The minimum absolute atomic E-state index is 1.03. The van der Waals surface area contributed by atoms with Crippen LogP contribution in [0.2, 0.25) is 0 Å². The Balaban J connectivity index is 3.89. The zero-order valence-electron chi connectivity index (χ0n) is 7.51. The smallest absolute Gasteiger partial charge is 0.0396 e. The third-order valence-corrected chi connectivity index (χ3v) is 1.37. The Kier molecular flexibility index (Phi) is 6.70. The van der Waals surface area contributed by atoms with Crippen LogP contribution in [-0.2, 0) is 0 Å². The fourth-order valence-corrected chi connectivity index (χ4v) is 0.786. The Labute approximate surface area is 69.5 Å². The Morgan fingerprint density at radius 2 is 2.18 bits per heavy atom. The van der Waals surface area contributed by atoms with Crippen LogP contribution < -0.4 is 0 Å². The van der Waals surface area contributed by atoms with Crippen molar-refractivity contribution >= 4 is 6.72 Å². The van der Waals surface area contributed by atoms with Crippen molar-refractivity contribution in [1.82, 2.24) is 0 Å². The molecule has 0 radical (unpaired) electrons. The molecule has 0 bridgehead atoms. The van der Waals surface area contributed by atoms with Crippen molar-refractivity contribution in [2.45, 2.75) is 33.1 Å². The van der Waals surface area contributed by atoms with E-state index >= 15 is 0 Å². The molecule has 0 aliphatic heterocycles. The van der Waals surface area contributed by atoms with Gasteiger partial charge >= 0.3 is 0 Å². The van der Waals surface area contributed by atoms with E-state index in [-0.39, 0.29) is 0 Å². The minimum atomic E-state index is 1.03. The topological polar surface area (TPSA) is 12.4 Å². The molecular weight excluding hydrogens is 134 g/mol. The summed E-state index contributed by atoms with van der Waals surface area (Å²) in [7, 11) is 0. The van der Waals surface area contributed by atoms with Crippen LogP contribution in [0.25, 0.3) is 0 Å². The van der Waals surface area contributed by atoms with E-state index in [0.29, 0.717) is 0 Å². The zero-order valence-corrected chi connectivity index (χ0v) is 7.51. The van der Waals surface area contributed by atoms with Crippen LogP contribution in [0.4, 0.5) is 0 Å². The normalized spacial score (nSPS) is 12.4. The second-order valence-corrected chi connectivity index (χ2v) is 2.40. The first kappa shape index (κ1) is 10.2. The van der Waals surface area contributed by atoms with Crippen molar-refractivity contribution in [1.29, 1.82) is 0 Å². The molecule has 0 rings (SSSR count). The molecule has 0 unspecified atom stereocenters. The van der Waals surface area contributed by atoms with Gasteiger partial charge in [0.1, 0.15) is 0 Å². The number of nitrogens with zero attached hydrogens (tertiary/aromatic N) is 1. The van der Waals surface area contributed by atoms with Gasteiger partial charge in [-0.15, -0.1) is 0 Å². The number of allylic oxidation sites excluding steroid dienone is 4. The van der Waals surface area contributed by atoms with Crippen LogP contribution in [0, 0.1) is 0 Å². The SMILES string of the molecule is C=N/C(=C\C=C/CC)CCC. The molecule has 0 saturated carbocycles. The largest absolute Gasteiger partial charge is 0.269 e. The molecule has 62 valence electrons. The second-order valence-electron chi connectivity index (χ2n) is 2.40. The van der Waals surface area contributed by atoms with Crippen LogP contribution in [0.3, 0.4) is 0 Å². The van der Waals surface area contributed by atoms with Crippen molar-refractivity contribution in [2.75, 3.05) is 0 Å². The van der Waals surface area contributed by atoms with Crippen molar-refractivity contribution in [3.63, 3.8) is 0 Å². The molecule has 0 aromatic carbocycles. The first-order valence-electron chi connectivity index (χ1n) is 4.17. The fraction of sp³-hybridized carbons (Fsp3) is 0.500. The summed E-state index contributed by atoms with van der Waals surface area (Å²) >= 11 is 0. The molecular formula is C10H17N. The summed E-state index contributed by atoms with van der Waals surface area (Å²) in [5.41, 5.74) is 1.08. The van der Waals surface area contributed by atoms with E-state index in [2.05, 4.69) is 31.6 Å². The molecule has 0 aromatic rings. The van der Waals surface area contributed by atoms with Gasteiger partial charge in [-0.3, -0.25) is 4.99 Å². The molecule has 0 N–H and O–H groups in total. The molecule has 0 aliphatic carbocycles. The zero-order chi connectivity index (χ0) is 8.53. The van der Waals surface area contributed by atoms with E-state index in [0.717, 1.165) is 25.0 Å². The van der Waals surface area contributed by atoms with Crippen molar-refractivity contribution in [3.05, 3.63) is 23.9 Å². The Morgan fingerprint density at radius 3 is 2.64 bits per heavy atom. The third-order valence-electron chi connectivity index (χ3n) is 1.37. The molecule has 0 saturated heterocycles. The maximum atomic E-state index is 3.91. The van der Waals surface area contributed by atoms with Crippen LogP contribution in [0.1, 0.15) is 33.1 Å². The van der Waals surface area contributed by atoms with Crippen molar-refractivity contribution in [3.8, 4) is 0 Å². The lowest BCUT2D eigenvalue weighted by Crippen LogP contribution is -1.75. The predicted molar refractivity (Wildman–Crippen MR) is 52.0 cm³/mol. The van der Waals surface area contributed by atoms with E-state index in [4.69, 9.17) is 0 Å². The van der Waals surface area contributed by atoms with E-state index in [1.165, 1.54) is 0 Å². The summed E-state index contributed by atoms with van der Waals surface area (Å²) in [4.78, 5) is 3.91. The molecule has 0 amide bonds. The Bertz CT molecular complexity index is 154. The summed E-state index contributed by atoms with van der Waals surface area (Å²) in [6, 6.07) is 0. The second kappa shape index (κ2) is 7.26. The van der Waals surface area contributed by atoms with Gasteiger partial charge in [0.25, 0.3) is 0 Å². The van der Waals surface area contributed by atoms with Gasteiger partial charge in [0.15, 0.2) is 0 Å². The Hall–Kier alpha value is -0.850. The molecule has 1 heteroatoms. The molecule has 0 fully saturated rings. The quantitative estimate of drug-likeness (QED) is 0.422. The van der Waals surface area contributed by atoms with E-state index in [9.17, 15) is 0 Å². The van der Waals surface area contributed by atoms with Gasteiger partial charge in [0.05, 0.1) is 0 Å². The molecule has 0 aliphatic rings. The number of hydrogen-bond donors (Lipinski definition) is 0. The fourth-order valence-electron chi connectivity index (χ4n) is 0.786. The lowest BCUT2D eigenvalue weighted by molar-refractivity contribution is 0.895. The molecule has 0 heterocycles. The number of aliphatic imine (C=N–C) groups is 1. The first-order chi connectivity index (χ1) is 5.35. The molecule has 11 heavy (non-hydrogen) atoms. The predicted octanol–water partition coefficient (Wildman–Crippen LogP) is 3.34. The summed E-state index contributed by atoms with van der Waals surface area (Å²) in [6.07, 6.45) is 9.41. The van der Waals surface area contributed by atoms with E-state index < -0.39 is 0 Å². The van der Waals surface area contributed by atoms with Gasteiger partial charge in [-0.25, -0.2) is 0 Å². The average molecular weight is 151 g/mol. The first-order valence-corrected chi connectivity index (χ1v) is 4.17. The van der Waals surface area contributed by atoms with Crippen LogP contribution in [-0.4, -0.2) is 6.72 Å². The molecule has 0 aromatic heterocycles. The Morgan fingerprint density at radius 1 is 1.45 bits per heavy atom. The highest BCUT2D eigenvalue weighted by atomic mass is 14.7. The maximum Gasteiger partial charge on any atom is 0.0396 e. The molecule has 0 atom stereocenters. The summed E-state index contributed by atoms with van der Waals surface area (Å²) < 4.78 is 0. The lowest BCUT2D eigenvalue weighted by Gasteiger charge is -1.93. The monoisotopic (exact) mass is 151 g/mol. The highest BCUT2D eigenvalue weighted by Crippen LogP contribution is 2.05. The van der Waals surface area contributed by atoms with Gasteiger partial charge in [0.2, 0.25) is 0 Å². The molecule has 1 nitrogen and oxygen atoms in total. The lowest BCUT2D eigenvalue weighted by atomic mass is 10.2. The minimum Gasteiger partial charge on any atom is -0.269 e.